The van der Waals surface area contributed by atoms with E-state index in [-0.39, 0.29) is 18.2 Å². The largest absolute Gasteiger partial charge is 0.387 e. The van der Waals surface area contributed by atoms with Crippen molar-refractivity contribution in [1.82, 2.24) is 10.3 Å². The normalized spacial score (nSPS) is 14.2. The summed E-state index contributed by atoms with van der Waals surface area (Å²) in [6.45, 7) is 2.09. The Hall–Kier alpha value is -2.11. The standard InChI is InChI=1S/C17H18F2N2O/c1-12(2-3-13-6-8-20-9-7-13)21-11-17(22)15-5-4-14(18)10-16(15)19/h2-10,12,17,21-22H,11H2,1H3/b3-2+. The number of halogens is 2. The highest BCUT2D eigenvalue weighted by Crippen LogP contribution is 2.17. The zero-order chi connectivity index (χ0) is 15.9. The van der Waals surface area contributed by atoms with E-state index in [2.05, 4.69) is 10.3 Å². The molecule has 0 amide bonds. The van der Waals surface area contributed by atoms with Crippen LogP contribution in [-0.2, 0) is 0 Å². The summed E-state index contributed by atoms with van der Waals surface area (Å²) in [4.78, 5) is 3.94. The molecule has 2 aromatic rings. The number of aliphatic hydroxyl groups is 1. The van der Waals surface area contributed by atoms with Gasteiger partial charge in [-0.15, -0.1) is 0 Å². The fourth-order valence-corrected chi connectivity index (χ4v) is 1.98. The highest BCUT2D eigenvalue weighted by molar-refractivity contribution is 5.48. The molecule has 1 aromatic heterocycles. The van der Waals surface area contributed by atoms with Crippen LogP contribution in [0.2, 0.25) is 0 Å². The lowest BCUT2D eigenvalue weighted by molar-refractivity contribution is 0.168. The lowest BCUT2D eigenvalue weighted by Crippen LogP contribution is -2.29. The van der Waals surface area contributed by atoms with Crippen LogP contribution < -0.4 is 5.32 Å². The summed E-state index contributed by atoms with van der Waals surface area (Å²) in [5, 5.41) is 13.0. The van der Waals surface area contributed by atoms with E-state index in [1.807, 2.05) is 31.2 Å². The summed E-state index contributed by atoms with van der Waals surface area (Å²) in [6.07, 6.45) is 6.25. The summed E-state index contributed by atoms with van der Waals surface area (Å²) in [6, 6.07) is 6.91. The third-order valence-electron chi connectivity index (χ3n) is 3.24. The van der Waals surface area contributed by atoms with Crippen LogP contribution >= 0.6 is 0 Å². The van der Waals surface area contributed by atoms with Crippen molar-refractivity contribution in [2.24, 2.45) is 0 Å². The van der Waals surface area contributed by atoms with E-state index in [4.69, 9.17) is 0 Å². The van der Waals surface area contributed by atoms with Crippen molar-refractivity contribution in [3.8, 4) is 0 Å². The molecule has 3 nitrogen and oxygen atoms in total. The van der Waals surface area contributed by atoms with E-state index in [0.717, 1.165) is 17.7 Å². The Morgan fingerprint density at radius 3 is 2.64 bits per heavy atom. The number of rotatable bonds is 6. The van der Waals surface area contributed by atoms with Crippen LogP contribution in [0.4, 0.5) is 8.78 Å². The quantitative estimate of drug-likeness (QED) is 0.862. The van der Waals surface area contributed by atoms with E-state index >= 15 is 0 Å². The van der Waals surface area contributed by atoms with Gasteiger partial charge in [-0.2, -0.15) is 0 Å². The Morgan fingerprint density at radius 1 is 1.23 bits per heavy atom. The van der Waals surface area contributed by atoms with Gasteiger partial charge in [0.15, 0.2) is 0 Å². The number of aromatic nitrogens is 1. The van der Waals surface area contributed by atoms with Crippen LogP contribution in [0.3, 0.4) is 0 Å². The second kappa shape index (κ2) is 7.77. The number of benzene rings is 1. The molecule has 22 heavy (non-hydrogen) atoms. The first-order chi connectivity index (χ1) is 10.6. The van der Waals surface area contributed by atoms with Crippen molar-refractivity contribution in [3.05, 3.63) is 71.6 Å². The molecule has 0 bridgehead atoms. The van der Waals surface area contributed by atoms with E-state index in [0.29, 0.717) is 0 Å². The summed E-state index contributed by atoms with van der Waals surface area (Å²) in [7, 11) is 0. The van der Waals surface area contributed by atoms with E-state index < -0.39 is 17.7 Å². The molecule has 2 N–H and O–H groups in total. The molecule has 2 unspecified atom stereocenters. The van der Waals surface area contributed by atoms with E-state index in [1.54, 1.807) is 12.4 Å². The maximum Gasteiger partial charge on any atom is 0.131 e. The molecule has 0 saturated heterocycles. The molecular weight excluding hydrogens is 286 g/mol. The fraction of sp³-hybridized carbons (Fsp3) is 0.235. The predicted molar refractivity (Wildman–Crippen MR) is 82.1 cm³/mol. The first-order valence-electron chi connectivity index (χ1n) is 7.01. The number of nitrogens with one attached hydrogen (secondary N) is 1. The Morgan fingerprint density at radius 2 is 1.95 bits per heavy atom. The summed E-state index contributed by atoms with van der Waals surface area (Å²) >= 11 is 0. The van der Waals surface area contributed by atoms with Crippen molar-refractivity contribution in [1.29, 1.82) is 0 Å². The van der Waals surface area contributed by atoms with Crippen LogP contribution in [0.5, 0.6) is 0 Å². The predicted octanol–water partition coefficient (Wildman–Crippen LogP) is 3.08. The first-order valence-corrected chi connectivity index (χ1v) is 7.01. The molecule has 1 heterocycles. The highest BCUT2D eigenvalue weighted by atomic mass is 19.1. The topological polar surface area (TPSA) is 45.2 Å². The van der Waals surface area contributed by atoms with Crippen molar-refractivity contribution in [2.45, 2.75) is 19.1 Å². The number of aliphatic hydroxyl groups excluding tert-OH is 1. The molecule has 0 aliphatic rings. The third kappa shape index (κ3) is 4.72. The van der Waals surface area contributed by atoms with Crippen molar-refractivity contribution in [3.63, 3.8) is 0 Å². The van der Waals surface area contributed by atoms with E-state index in [1.165, 1.54) is 6.07 Å². The van der Waals surface area contributed by atoms with Gasteiger partial charge in [0.2, 0.25) is 0 Å². The second-order valence-corrected chi connectivity index (χ2v) is 5.02. The third-order valence-corrected chi connectivity index (χ3v) is 3.24. The minimum absolute atomic E-state index is 0.00803. The van der Waals surface area contributed by atoms with Gasteiger partial charge in [0.1, 0.15) is 11.6 Å². The SMILES string of the molecule is CC(/C=C/c1ccncc1)NCC(O)c1ccc(F)cc1F. The van der Waals surface area contributed by atoms with Gasteiger partial charge in [-0.25, -0.2) is 8.78 Å². The van der Waals surface area contributed by atoms with Crippen LogP contribution in [0, 0.1) is 11.6 Å². The number of hydrogen-bond acceptors (Lipinski definition) is 3. The van der Waals surface area contributed by atoms with Crippen LogP contribution in [-0.4, -0.2) is 22.7 Å². The Kier molecular flexibility index (Phi) is 5.75. The van der Waals surface area contributed by atoms with Crippen LogP contribution in [0.15, 0.2) is 48.8 Å². The van der Waals surface area contributed by atoms with Gasteiger partial charge in [0.05, 0.1) is 6.10 Å². The molecule has 5 heteroatoms. The highest BCUT2D eigenvalue weighted by Gasteiger charge is 2.13. The average molecular weight is 304 g/mol. The fourth-order valence-electron chi connectivity index (χ4n) is 1.98. The van der Waals surface area contributed by atoms with Gasteiger partial charge in [0, 0.05) is 36.6 Å². The average Bonchev–Trinajstić information content (AvgIpc) is 2.51. The van der Waals surface area contributed by atoms with Crippen molar-refractivity contribution < 1.29 is 13.9 Å². The van der Waals surface area contributed by atoms with Gasteiger partial charge < -0.3 is 10.4 Å². The molecule has 116 valence electrons. The zero-order valence-electron chi connectivity index (χ0n) is 12.2. The lowest BCUT2D eigenvalue weighted by atomic mass is 10.1. The monoisotopic (exact) mass is 304 g/mol. The van der Waals surface area contributed by atoms with Gasteiger partial charge >= 0.3 is 0 Å². The Labute approximate surface area is 128 Å². The summed E-state index contributed by atoms with van der Waals surface area (Å²) < 4.78 is 26.4. The molecule has 2 atom stereocenters. The molecule has 0 radical (unpaired) electrons. The summed E-state index contributed by atoms with van der Waals surface area (Å²) in [5.41, 5.74) is 1.10. The van der Waals surface area contributed by atoms with Gasteiger partial charge in [0.25, 0.3) is 0 Å². The van der Waals surface area contributed by atoms with Crippen molar-refractivity contribution >= 4 is 6.08 Å². The number of hydrogen-bond donors (Lipinski definition) is 2. The zero-order valence-corrected chi connectivity index (χ0v) is 12.2. The molecule has 2 rings (SSSR count). The van der Waals surface area contributed by atoms with E-state index in [9.17, 15) is 13.9 Å². The van der Waals surface area contributed by atoms with Gasteiger partial charge in [-0.3, -0.25) is 4.98 Å². The Balaban J connectivity index is 1.87. The second-order valence-electron chi connectivity index (χ2n) is 5.02. The molecule has 0 fully saturated rings. The molecule has 0 spiro atoms. The minimum atomic E-state index is -1.03. The molecular formula is C17H18F2N2O. The lowest BCUT2D eigenvalue weighted by Gasteiger charge is -2.15. The Bertz CT molecular complexity index is 632. The summed E-state index contributed by atoms with van der Waals surface area (Å²) in [5.74, 6) is -1.40. The molecule has 1 aromatic carbocycles. The maximum atomic E-state index is 13.5. The minimum Gasteiger partial charge on any atom is -0.387 e. The van der Waals surface area contributed by atoms with Crippen LogP contribution in [0.25, 0.3) is 6.08 Å². The maximum absolute atomic E-state index is 13.5. The number of nitrogens with zero attached hydrogens (tertiary/aromatic N) is 1. The first kappa shape index (κ1) is 16.3. The van der Waals surface area contributed by atoms with Crippen molar-refractivity contribution in [2.75, 3.05) is 6.54 Å². The molecule has 0 aliphatic heterocycles. The molecule has 0 saturated carbocycles. The van der Waals surface area contributed by atoms with Gasteiger partial charge in [-0.1, -0.05) is 18.2 Å². The number of pyridine rings is 1. The smallest absolute Gasteiger partial charge is 0.131 e. The van der Waals surface area contributed by atoms with Gasteiger partial charge in [-0.05, 0) is 30.7 Å². The molecule has 0 aliphatic carbocycles. The van der Waals surface area contributed by atoms with Crippen LogP contribution in [0.1, 0.15) is 24.2 Å².